The molecule has 0 aliphatic carbocycles. The molecule has 0 fully saturated rings. The first-order valence-corrected chi connectivity index (χ1v) is 22.0. The Morgan fingerprint density at radius 3 is 1.48 bits per heavy atom. The Hall–Kier alpha value is -8.46. The van der Waals surface area contributed by atoms with E-state index in [9.17, 15) is 0 Å². The standard InChI is InChI=1S/C62H42N2/c1-3-15-43(16-4-1)45-29-33-53(34-30-45)63(54-35-31-47(32-36-54)58-27-14-22-46-19-9-10-25-57(46)58)56-39-51(44-17-5-2-6-18-44)37-52(40-56)48-23-13-24-55(38-48)64-61-28-12-11-26-59(61)60-41-49-20-7-8-21-50(49)42-62(60)64/h1-42H. The number of rotatable bonds is 8. The largest absolute Gasteiger partial charge is 0.310 e. The second-order valence-corrected chi connectivity index (χ2v) is 16.6. The molecule has 64 heavy (non-hydrogen) atoms. The number of fused-ring (bicyclic) bond motifs is 5. The van der Waals surface area contributed by atoms with Gasteiger partial charge >= 0.3 is 0 Å². The Kier molecular flexibility index (Phi) is 9.20. The molecule has 12 rings (SSSR count). The second-order valence-electron chi connectivity index (χ2n) is 16.6. The summed E-state index contributed by atoms with van der Waals surface area (Å²) in [6.45, 7) is 0. The molecule has 0 radical (unpaired) electrons. The summed E-state index contributed by atoms with van der Waals surface area (Å²) < 4.78 is 2.43. The first kappa shape index (κ1) is 37.3. The zero-order chi connectivity index (χ0) is 42.4. The van der Waals surface area contributed by atoms with Gasteiger partial charge in [0.2, 0.25) is 0 Å². The van der Waals surface area contributed by atoms with Crippen LogP contribution in [-0.2, 0) is 0 Å². The molecule has 11 aromatic carbocycles. The van der Waals surface area contributed by atoms with Crippen LogP contribution in [0.3, 0.4) is 0 Å². The fourth-order valence-electron chi connectivity index (χ4n) is 9.61. The molecule has 1 aromatic heterocycles. The molecule has 0 aliphatic rings. The average Bonchev–Trinajstić information content (AvgIpc) is 3.69. The highest BCUT2D eigenvalue weighted by Crippen LogP contribution is 2.42. The Morgan fingerprint density at radius 2 is 0.766 bits per heavy atom. The summed E-state index contributed by atoms with van der Waals surface area (Å²) >= 11 is 0. The SMILES string of the molecule is c1ccc(-c2ccc(N(c3ccc(-c4cccc5ccccc45)cc3)c3cc(-c4ccccc4)cc(-c4cccc(-n5c6ccccc6c6cc7ccccc7cc65)c4)c3)cc2)cc1. The van der Waals surface area contributed by atoms with Crippen molar-refractivity contribution in [2.45, 2.75) is 0 Å². The number of hydrogen-bond acceptors (Lipinski definition) is 1. The summed E-state index contributed by atoms with van der Waals surface area (Å²) in [6.07, 6.45) is 0. The van der Waals surface area contributed by atoms with Crippen molar-refractivity contribution in [2.24, 2.45) is 0 Å². The normalized spacial score (nSPS) is 11.4. The summed E-state index contributed by atoms with van der Waals surface area (Å²) in [5.41, 5.74) is 16.2. The maximum Gasteiger partial charge on any atom is 0.0547 e. The Bertz CT molecular complexity index is 3640. The van der Waals surface area contributed by atoms with E-state index in [0.29, 0.717) is 0 Å². The van der Waals surface area contributed by atoms with Gasteiger partial charge in [-0.1, -0.05) is 182 Å². The van der Waals surface area contributed by atoms with Gasteiger partial charge in [-0.3, -0.25) is 0 Å². The van der Waals surface area contributed by atoms with Gasteiger partial charge < -0.3 is 9.47 Å². The first-order valence-electron chi connectivity index (χ1n) is 22.0. The molecule has 1 heterocycles. The zero-order valence-corrected chi connectivity index (χ0v) is 35.1. The van der Waals surface area contributed by atoms with Crippen LogP contribution in [0.1, 0.15) is 0 Å². The quantitative estimate of drug-likeness (QED) is 0.148. The third-order valence-electron chi connectivity index (χ3n) is 12.7. The molecule has 0 spiro atoms. The van der Waals surface area contributed by atoms with Crippen LogP contribution in [0.2, 0.25) is 0 Å². The Balaban J connectivity index is 1.03. The Labute approximate surface area is 373 Å². The second kappa shape index (κ2) is 15.8. The van der Waals surface area contributed by atoms with E-state index >= 15 is 0 Å². The number of hydrogen-bond donors (Lipinski definition) is 0. The molecule has 0 N–H and O–H groups in total. The van der Waals surface area contributed by atoms with Crippen LogP contribution in [0.4, 0.5) is 17.1 Å². The highest BCUT2D eigenvalue weighted by molar-refractivity contribution is 6.13. The lowest BCUT2D eigenvalue weighted by Crippen LogP contribution is -2.10. The van der Waals surface area contributed by atoms with Crippen LogP contribution in [0.15, 0.2) is 255 Å². The molecule has 12 aromatic rings. The summed E-state index contributed by atoms with van der Waals surface area (Å²) in [5.74, 6) is 0. The summed E-state index contributed by atoms with van der Waals surface area (Å²) in [4.78, 5) is 2.40. The van der Waals surface area contributed by atoms with Gasteiger partial charge in [-0.15, -0.1) is 0 Å². The monoisotopic (exact) mass is 814 g/mol. The van der Waals surface area contributed by atoms with Gasteiger partial charge in [0.1, 0.15) is 0 Å². The molecule has 2 heteroatoms. The summed E-state index contributed by atoms with van der Waals surface area (Å²) in [6, 6.07) is 92.8. The van der Waals surface area contributed by atoms with Crippen molar-refractivity contribution in [3.63, 3.8) is 0 Å². The van der Waals surface area contributed by atoms with Crippen molar-refractivity contribution in [1.82, 2.24) is 4.57 Å². The maximum atomic E-state index is 2.43. The van der Waals surface area contributed by atoms with Gasteiger partial charge in [0.05, 0.1) is 11.0 Å². The number of benzene rings is 11. The number of nitrogens with zero attached hydrogens (tertiary/aromatic N) is 2. The van der Waals surface area contributed by atoms with E-state index in [1.165, 1.54) is 71.2 Å². The molecule has 2 nitrogen and oxygen atoms in total. The third-order valence-corrected chi connectivity index (χ3v) is 12.7. The van der Waals surface area contributed by atoms with Crippen molar-refractivity contribution in [3.8, 4) is 50.2 Å². The third kappa shape index (κ3) is 6.70. The van der Waals surface area contributed by atoms with E-state index in [4.69, 9.17) is 0 Å². The van der Waals surface area contributed by atoms with Crippen molar-refractivity contribution >= 4 is 60.4 Å². The van der Waals surface area contributed by atoms with Gasteiger partial charge in [0, 0.05) is 33.5 Å². The molecule has 0 unspecified atom stereocenters. The lowest BCUT2D eigenvalue weighted by molar-refractivity contribution is 1.18. The molecule has 0 saturated heterocycles. The van der Waals surface area contributed by atoms with Crippen LogP contribution in [0, 0.1) is 0 Å². The van der Waals surface area contributed by atoms with Gasteiger partial charge in [0.15, 0.2) is 0 Å². The fraction of sp³-hybridized carbons (Fsp3) is 0. The zero-order valence-electron chi connectivity index (χ0n) is 35.1. The smallest absolute Gasteiger partial charge is 0.0547 e. The van der Waals surface area contributed by atoms with Crippen LogP contribution < -0.4 is 4.90 Å². The highest BCUT2D eigenvalue weighted by atomic mass is 15.1. The van der Waals surface area contributed by atoms with Crippen LogP contribution in [0.25, 0.3) is 93.5 Å². The maximum absolute atomic E-state index is 2.43. The summed E-state index contributed by atoms with van der Waals surface area (Å²) in [5, 5.41) is 7.49. The number of aromatic nitrogens is 1. The lowest BCUT2D eigenvalue weighted by Gasteiger charge is -2.27. The predicted molar refractivity (Wildman–Crippen MR) is 272 cm³/mol. The minimum atomic E-state index is 1.08. The van der Waals surface area contributed by atoms with Gasteiger partial charge in [-0.25, -0.2) is 0 Å². The Morgan fingerprint density at radius 1 is 0.250 bits per heavy atom. The molecule has 0 amide bonds. The molecule has 0 saturated carbocycles. The predicted octanol–water partition coefficient (Wildman–Crippen LogP) is 17.2. The van der Waals surface area contributed by atoms with E-state index in [1.807, 2.05) is 0 Å². The fourth-order valence-corrected chi connectivity index (χ4v) is 9.61. The number of anilines is 3. The van der Waals surface area contributed by atoms with Crippen molar-refractivity contribution in [2.75, 3.05) is 4.90 Å². The minimum Gasteiger partial charge on any atom is -0.310 e. The average molecular weight is 815 g/mol. The van der Waals surface area contributed by atoms with E-state index in [2.05, 4.69) is 264 Å². The molecule has 0 atom stereocenters. The van der Waals surface area contributed by atoms with E-state index in [1.54, 1.807) is 0 Å². The van der Waals surface area contributed by atoms with Crippen LogP contribution >= 0.6 is 0 Å². The van der Waals surface area contributed by atoms with Crippen molar-refractivity contribution < 1.29 is 0 Å². The topological polar surface area (TPSA) is 8.17 Å². The lowest BCUT2D eigenvalue weighted by atomic mass is 9.96. The van der Waals surface area contributed by atoms with Gasteiger partial charge in [0.25, 0.3) is 0 Å². The molecule has 0 aliphatic heterocycles. The van der Waals surface area contributed by atoms with Crippen LogP contribution in [-0.4, -0.2) is 4.57 Å². The first-order chi connectivity index (χ1) is 31.7. The highest BCUT2D eigenvalue weighted by Gasteiger charge is 2.19. The van der Waals surface area contributed by atoms with E-state index < -0.39 is 0 Å². The van der Waals surface area contributed by atoms with E-state index in [-0.39, 0.29) is 0 Å². The minimum absolute atomic E-state index is 1.08. The summed E-state index contributed by atoms with van der Waals surface area (Å²) in [7, 11) is 0. The van der Waals surface area contributed by atoms with Crippen LogP contribution in [0.5, 0.6) is 0 Å². The van der Waals surface area contributed by atoms with E-state index in [0.717, 1.165) is 39.4 Å². The molecule has 0 bridgehead atoms. The van der Waals surface area contributed by atoms with Gasteiger partial charge in [-0.05, 0) is 139 Å². The number of para-hydroxylation sites is 1. The van der Waals surface area contributed by atoms with Gasteiger partial charge in [-0.2, -0.15) is 0 Å². The molecule has 300 valence electrons. The van der Waals surface area contributed by atoms with Crippen molar-refractivity contribution in [3.05, 3.63) is 255 Å². The molecular formula is C62H42N2. The molecular weight excluding hydrogens is 773 g/mol. The van der Waals surface area contributed by atoms with Crippen molar-refractivity contribution in [1.29, 1.82) is 0 Å².